The number of H-pyrrole nitrogens is 2. The second kappa shape index (κ2) is 6.38. The molecular weight excluding hydrogens is 356 g/mol. The van der Waals surface area contributed by atoms with Gasteiger partial charge in [-0.3, -0.25) is 4.79 Å². The number of rotatable bonds is 4. The molecule has 126 valence electrons. The molecule has 25 heavy (non-hydrogen) atoms. The molecule has 0 fully saturated rings. The lowest BCUT2D eigenvalue weighted by molar-refractivity contribution is -0.115. The maximum atomic E-state index is 12.4. The van der Waals surface area contributed by atoms with Gasteiger partial charge in [0.15, 0.2) is 4.34 Å². The van der Waals surface area contributed by atoms with E-state index >= 15 is 0 Å². The Bertz CT molecular complexity index is 1100. The maximum absolute atomic E-state index is 12.4. The molecule has 1 atom stereocenters. The molecule has 0 bridgehead atoms. The Kier molecular flexibility index (Phi) is 4.06. The minimum Gasteiger partial charge on any atom is -0.325 e. The number of carbonyl (C=O) groups excluding carboxylic acids is 1. The third kappa shape index (κ3) is 3.31. The van der Waals surface area contributed by atoms with Crippen LogP contribution >= 0.6 is 23.1 Å². The van der Waals surface area contributed by atoms with E-state index in [-0.39, 0.29) is 16.8 Å². The van der Waals surface area contributed by atoms with Gasteiger partial charge >= 0.3 is 5.69 Å². The van der Waals surface area contributed by atoms with Gasteiger partial charge in [0, 0.05) is 5.69 Å². The Morgan fingerprint density at radius 2 is 2.00 bits per heavy atom. The summed E-state index contributed by atoms with van der Waals surface area (Å²) in [6, 6.07) is 13.2. The molecular formula is C17H14N4O2S2. The van der Waals surface area contributed by atoms with Crippen LogP contribution in [0.2, 0.25) is 0 Å². The second-order valence-electron chi connectivity index (χ2n) is 5.54. The number of anilines is 1. The summed E-state index contributed by atoms with van der Waals surface area (Å²) in [4.78, 5) is 33.6. The van der Waals surface area contributed by atoms with Gasteiger partial charge in [-0.25, -0.2) is 9.78 Å². The molecule has 6 nitrogen and oxygen atoms in total. The number of hydrogen-bond acceptors (Lipinski definition) is 5. The van der Waals surface area contributed by atoms with Crippen LogP contribution in [0.3, 0.4) is 0 Å². The molecule has 2 aromatic carbocycles. The first-order valence-corrected chi connectivity index (χ1v) is 9.33. The van der Waals surface area contributed by atoms with E-state index in [4.69, 9.17) is 0 Å². The molecule has 0 aliphatic rings. The van der Waals surface area contributed by atoms with Crippen LogP contribution in [0.5, 0.6) is 0 Å². The summed E-state index contributed by atoms with van der Waals surface area (Å²) in [5, 5.41) is 2.59. The van der Waals surface area contributed by atoms with E-state index in [1.54, 1.807) is 29.5 Å². The summed E-state index contributed by atoms with van der Waals surface area (Å²) in [5.74, 6) is -0.110. The van der Waals surface area contributed by atoms with Crippen molar-refractivity contribution in [3.63, 3.8) is 0 Å². The van der Waals surface area contributed by atoms with Crippen molar-refractivity contribution in [2.75, 3.05) is 5.32 Å². The smallest absolute Gasteiger partial charge is 0.323 e. The molecule has 2 aromatic heterocycles. The molecule has 0 aliphatic carbocycles. The van der Waals surface area contributed by atoms with Crippen molar-refractivity contribution < 1.29 is 4.79 Å². The van der Waals surface area contributed by atoms with Crippen LogP contribution in [0.15, 0.2) is 51.6 Å². The van der Waals surface area contributed by atoms with E-state index in [9.17, 15) is 9.59 Å². The van der Waals surface area contributed by atoms with Crippen LogP contribution in [0.1, 0.15) is 6.92 Å². The predicted molar refractivity (Wildman–Crippen MR) is 102 cm³/mol. The van der Waals surface area contributed by atoms with Gasteiger partial charge in [-0.2, -0.15) is 0 Å². The van der Waals surface area contributed by atoms with Crippen molar-refractivity contribution >= 4 is 55.9 Å². The number of hydrogen-bond donors (Lipinski definition) is 3. The van der Waals surface area contributed by atoms with E-state index in [0.717, 1.165) is 14.6 Å². The summed E-state index contributed by atoms with van der Waals surface area (Å²) in [6.45, 7) is 1.85. The van der Waals surface area contributed by atoms with Crippen molar-refractivity contribution in [2.24, 2.45) is 0 Å². The topological polar surface area (TPSA) is 90.6 Å². The normalized spacial score (nSPS) is 12.5. The summed E-state index contributed by atoms with van der Waals surface area (Å²) >= 11 is 3.02. The quantitative estimate of drug-likeness (QED) is 0.479. The largest absolute Gasteiger partial charge is 0.325 e. The van der Waals surface area contributed by atoms with E-state index < -0.39 is 0 Å². The number of fused-ring (bicyclic) bond motifs is 2. The third-order valence-electron chi connectivity index (χ3n) is 3.70. The number of nitrogens with one attached hydrogen (secondary N) is 3. The number of carbonyl (C=O) groups is 1. The van der Waals surface area contributed by atoms with E-state index in [1.165, 1.54) is 11.8 Å². The lowest BCUT2D eigenvalue weighted by Crippen LogP contribution is -2.22. The average molecular weight is 370 g/mol. The molecule has 4 rings (SSSR count). The van der Waals surface area contributed by atoms with Crippen molar-refractivity contribution in [1.29, 1.82) is 0 Å². The third-order valence-corrected chi connectivity index (χ3v) is 5.93. The van der Waals surface area contributed by atoms with Crippen molar-refractivity contribution in [2.45, 2.75) is 16.5 Å². The number of imidazole rings is 1. The number of nitrogens with zero attached hydrogens (tertiary/aromatic N) is 1. The van der Waals surface area contributed by atoms with Gasteiger partial charge in [-0.15, -0.1) is 11.3 Å². The number of benzene rings is 2. The van der Waals surface area contributed by atoms with Crippen LogP contribution in [0.25, 0.3) is 21.3 Å². The molecule has 0 radical (unpaired) electrons. The van der Waals surface area contributed by atoms with Crippen molar-refractivity contribution in [3.8, 4) is 0 Å². The molecule has 0 unspecified atom stereocenters. The first-order valence-electron chi connectivity index (χ1n) is 7.63. The highest BCUT2D eigenvalue weighted by Gasteiger charge is 2.17. The Labute approximate surface area is 150 Å². The molecule has 0 spiro atoms. The number of aromatic amines is 2. The lowest BCUT2D eigenvalue weighted by atomic mass is 10.2. The zero-order valence-electron chi connectivity index (χ0n) is 13.2. The molecule has 0 saturated heterocycles. The SMILES string of the molecule is C[C@@H](Sc1nc2ccccc2s1)C(=O)Nc1ccc2[nH]c(=O)[nH]c2c1. The molecule has 2 heterocycles. The lowest BCUT2D eigenvalue weighted by Gasteiger charge is -2.10. The number of aromatic nitrogens is 3. The highest BCUT2D eigenvalue weighted by atomic mass is 32.2. The van der Waals surface area contributed by atoms with Gasteiger partial charge in [-0.1, -0.05) is 23.9 Å². The highest BCUT2D eigenvalue weighted by Crippen LogP contribution is 2.32. The standard InChI is InChI=1S/C17H14N4O2S2/c1-9(24-17-21-12-4-2-3-5-14(12)25-17)15(22)18-10-6-7-11-13(8-10)20-16(23)19-11/h2-9H,1H3,(H,18,22)(H2,19,20,23)/t9-/m1/s1. The van der Waals surface area contributed by atoms with Crippen LogP contribution in [0, 0.1) is 0 Å². The van der Waals surface area contributed by atoms with Crippen molar-refractivity contribution in [3.05, 3.63) is 52.9 Å². The first-order chi connectivity index (χ1) is 12.1. The average Bonchev–Trinajstić information content (AvgIpc) is 3.15. The summed E-state index contributed by atoms with van der Waals surface area (Å²) < 4.78 is 1.98. The maximum Gasteiger partial charge on any atom is 0.323 e. The van der Waals surface area contributed by atoms with E-state index in [2.05, 4.69) is 20.3 Å². The number of amides is 1. The van der Waals surface area contributed by atoms with Crippen LogP contribution in [0.4, 0.5) is 5.69 Å². The predicted octanol–water partition coefficient (Wildman–Crippen LogP) is 3.59. The number of thioether (sulfide) groups is 1. The number of para-hydroxylation sites is 1. The molecule has 1 amide bonds. The fourth-order valence-corrected chi connectivity index (χ4v) is 4.67. The fraction of sp³-hybridized carbons (Fsp3) is 0.118. The second-order valence-corrected chi connectivity index (χ2v) is 8.15. The van der Waals surface area contributed by atoms with E-state index in [1.807, 2.05) is 31.2 Å². The number of thiazole rings is 1. The Hall–Kier alpha value is -2.58. The summed E-state index contributed by atoms with van der Waals surface area (Å²) in [6.07, 6.45) is 0. The van der Waals surface area contributed by atoms with E-state index in [0.29, 0.717) is 16.7 Å². The van der Waals surface area contributed by atoms with Gasteiger partial charge in [0.05, 0.1) is 26.5 Å². The van der Waals surface area contributed by atoms with Gasteiger partial charge in [0.2, 0.25) is 5.91 Å². The summed E-state index contributed by atoms with van der Waals surface area (Å²) in [7, 11) is 0. The minimum absolute atomic E-state index is 0.110. The van der Waals surface area contributed by atoms with Crippen LogP contribution in [-0.2, 0) is 4.79 Å². The highest BCUT2D eigenvalue weighted by molar-refractivity contribution is 8.02. The Balaban J connectivity index is 1.48. The zero-order valence-corrected chi connectivity index (χ0v) is 14.8. The van der Waals surface area contributed by atoms with Gasteiger partial charge < -0.3 is 15.3 Å². The van der Waals surface area contributed by atoms with Gasteiger partial charge in [0.25, 0.3) is 0 Å². The van der Waals surface area contributed by atoms with Gasteiger partial charge in [0.1, 0.15) is 0 Å². The zero-order chi connectivity index (χ0) is 17.4. The molecule has 0 saturated carbocycles. The Morgan fingerprint density at radius 3 is 2.84 bits per heavy atom. The Morgan fingerprint density at radius 1 is 1.20 bits per heavy atom. The monoisotopic (exact) mass is 370 g/mol. The van der Waals surface area contributed by atoms with Crippen LogP contribution < -0.4 is 11.0 Å². The van der Waals surface area contributed by atoms with Crippen molar-refractivity contribution in [1.82, 2.24) is 15.0 Å². The van der Waals surface area contributed by atoms with Crippen LogP contribution in [-0.4, -0.2) is 26.1 Å². The fourth-order valence-electron chi connectivity index (χ4n) is 2.46. The molecule has 8 heteroatoms. The molecule has 0 aliphatic heterocycles. The minimum atomic E-state index is -0.290. The van der Waals surface area contributed by atoms with Gasteiger partial charge in [-0.05, 0) is 37.3 Å². The first kappa shape index (κ1) is 15.9. The summed E-state index contributed by atoms with van der Waals surface area (Å²) in [5.41, 5.74) is 2.70. The molecule has 3 N–H and O–H groups in total. The molecule has 4 aromatic rings.